The molecule has 4 N–H and O–H groups in total. The van der Waals surface area contributed by atoms with Crippen molar-refractivity contribution in [2.24, 2.45) is 34.0 Å². The molecule has 0 aromatic heterocycles. The fourth-order valence-electron chi connectivity index (χ4n) is 11.1. The van der Waals surface area contributed by atoms with E-state index in [9.17, 15) is 34.5 Å². The van der Waals surface area contributed by atoms with Gasteiger partial charge in [0.25, 0.3) is 7.41 Å². The van der Waals surface area contributed by atoms with Crippen molar-refractivity contribution in [3.63, 3.8) is 0 Å². The molecule has 0 unspecified atom stereocenters. The van der Waals surface area contributed by atoms with Crippen molar-refractivity contribution in [2.75, 3.05) is 32.8 Å². The summed E-state index contributed by atoms with van der Waals surface area (Å²) >= 11 is 0. The number of hydrogen-bond donors (Lipinski definition) is 4. The summed E-state index contributed by atoms with van der Waals surface area (Å²) in [5, 5.41) is 39.8. The van der Waals surface area contributed by atoms with Crippen molar-refractivity contribution < 1.29 is 48.7 Å². The Kier molecular flexibility index (Phi) is 11.2. The summed E-state index contributed by atoms with van der Waals surface area (Å²) in [4.78, 5) is 56.2. The Labute approximate surface area is 313 Å². The number of nitrogens with zero attached hydrogens (tertiary/aromatic N) is 1. The number of aliphatic hydroxyl groups excluding tert-OH is 2. The largest absolute Gasteiger partial charge is 0.455 e. The third-order valence-corrected chi connectivity index (χ3v) is 14.4. The van der Waals surface area contributed by atoms with Crippen LogP contribution < -0.4 is 5.23 Å². The number of rotatable bonds is 11. The summed E-state index contributed by atoms with van der Waals surface area (Å²) in [7, 11) is -0.132. The molecular weight excluding hydrogens is 679 g/mol. The molecule has 5 aliphatic rings. The van der Waals surface area contributed by atoms with Gasteiger partial charge in [-0.25, -0.2) is 4.79 Å². The standard InChI is InChI=1S/C40H57BN2O10/c1-23-27(21-40(50)24(2)34-38(5)14-12-26(38)20-28(45)39(34,6)35(48)32(47)30(23)37(40,3)4)52-36(49)33(31(42-41-22-44)25-10-8-7-9-11-25)53-29(46)13-15-43-16-18-51-19-17-43/h7-11,22,24,26-28,31-34,41-42,45,47,50H,12-21H2,1-6H3/t24-,26+,27-,28-,31-,32+,33+,34+,38+,39+,40+/m0/s1. The SMILES string of the molecule is CC1=C2[C@@H](O)C(=O)[C@@]3(C)[C@H]([C@H](C)[C@](O)(C[C@@H]1OC(=O)[C@H](OC(=O)CCN1CCOCC1)[C@@H](NBC=O)c1ccccc1)C2(C)C)[C@]1(C)CC[C@@H]1C[C@@H]3O. The Bertz CT molecular complexity index is 1600. The predicted molar refractivity (Wildman–Crippen MR) is 197 cm³/mol. The van der Waals surface area contributed by atoms with Crippen LogP contribution in [0.1, 0.15) is 85.3 Å². The molecule has 0 spiro atoms. The Morgan fingerprint density at radius 2 is 1.81 bits per heavy atom. The number of morpholine rings is 1. The molecule has 4 aliphatic carbocycles. The molecule has 1 saturated heterocycles. The zero-order valence-corrected chi connectivity index (χ0v) is 32.0. The summed E-state index contributed by atoms with van der Waals surface area (Å²) in [6.45, 7) is 14.1. The lowest BCUT2D eigenvalue weighted by Gasteiger charge is -2.69. The van der Waals surface area contributed by atoms with Crippen molar-refractivity contribution in [3.05, 3.63) is 47.0 Å². The van der Waals surface area contributed by atoms with E-state index < -0.39 is 76.4 Å². The molecule has 1 aliphatic heterocycles. The minimum atomic E-state index is -1.66. The van der Waals surface area contributed by atoms with Crippen LogP contribution in [0.5, 0.6) is 0 Å². The van der Waals surface area contributed by atoms with Crippen LogP contribution in [-0.2, 0) is 33.4 Å². The average molecular weight is 737 g/mol. The number of nitrogens with one attached hydrogen (secondary N) is 1. The number of benzene rings is 1. The molecule has 1 heterocycles. The number of carbonyl (C=O) groups excluding carboxylic acids is 4. The van der Waals surface area contributed by atoms with Crippen LogP contribution in [0.4, 0.5) is 0 Å². The van der Waals surface area contributed by atoms with Crippen LogP contribution in [-0.4, -0.2) is 114 Å². The second-order valence-corrected chi connectivity index (χ2v) is 17.2. The molecule has 6 rings (SSSR count). The van der Waals surface area contributed by atoms with Crippen LogP contribution in [0.15, 0.2) is 41.5 Å². The first-order chi connectivity index (χ1) is 25.0. The fourth-order valence-corrected chi connectivity index (χ4v) is 11.1. The summed E-state index contributed by atoms with van der Waals surface area (Å²) in [5.41, 5.74) is -3.06. The highest BCUT2D eigenvalue weighted by Crippen LogP contribution is 2.70. The fraction of sp³-hybridized carbons (Fsp3) is 0.700. The minimum Gasteiger partial charge on any atom is -0.455 e. The topological polar surface area (TPSA) is 172 Å². The molecule has 0 amide bonds. The van der Waals surface area contributed by atoms with Gasteiger partial charge in [0.2, 0.25) is 6.10 Å². The Balaban J connectivity index is 1.36. The molecule has 2 bridgehead atoms. The molecule has 12 nitrogen and oxygen atoms in total. The second kappa shape index (κ2) is 15.0. The van der Waals surface area contributed by atoms with Gasteiger partial charge >= 0.3 is 11.9 Å². The lowest BCUT2D eigenvalue weighted by Crippen LogP contribution is -2.72. The normalized spacial score (nSPS) is 37.8. The van der Waals surface area contributed by atoms with Crippen molar-refractivity contribution in [1.82, 2.24) is 10.1 Å². The zero-order valence-electron chi connectivity index (χ0n) is 32.0. The smallest absolute Gasteiger partial charge is 0.350 e. The lowest BCUT2D eigenvalue weighted by atomic mass is 9.36. The van der Waals surface area contributed by atoms with Crippen molar-refractivity contribution in [3.8, 4) is 0 Å². The second-order valence-electron chi connectivity index (χ2n) is 17.2. The zero-order chi connectivity index (χ0) is 38.5. The monoisotopic (exact) mass is 736 g/mol. The number of Topliss-reactive ketones (excluding diaryl/α,β-unsaturated/α-hetero) is 1. The van der Waals surface area contributed by atoms with Crippen LogP contribution >= 0.6 is 0 Å². The number of carbonyl (C=O) groups is 4. The Morgan fingerprint density at radius 3 is 2.43 bits per heavy atom. The summed E-state index contributed by atoms with van der Waals surface area (Å²) < 4.78 is 17.6. The number of fused-ring (bicyclic) bond motifs is 5. The van der Waals surface area contributed by atoms with Gasteiger partial charge in [0.05, 0.1) is 49.0 Å². The van der Waals surface area contributed by atoms with Gasteiger partial charge in [-0.2, -0.15) is 0 Å². The quantitative estimate of drug-likeness (QED) is 0.113. The van der Waals surface area contributed by atoms with E-state index >= 15 is 0 Å². The van der Waals surface area contributed by atoms with Gasteiger partial charge in [0.1, 0.15) is 12.2 Å². The predicted octanol–water partition coefficient (Wildman–Crippen LogP) is 2.27. The van der Waals surface area contributed by atoms with E-state index in [1.54, 1.807) is 38.1 Å². The number of hydrogen-bond acceptors (Lipinski definition) is 12. The number of esters is 2. The van der Waals surface area contributed by atoms with Gasteiger partial charge in [0.15, 0.2) is 5.78 Å². The highest BCUT2D eigenvalue weighted by molar-refractivity contribution is 6.64. The maximum absolute atomic E-state index is 14.6. The van der Waals surface area contributed by atoms with Gasteiger partial charge in [0, 0.05) is 31.5 Å². The molecule has 53 heavy (non-hydrogen) atoms. The van der Waals surface area contributed by atoms with E-state index in [1.165, 1.54) is 0 Å². The van der Waals surface area contributed by atoms with Crippen molar-refractivity contribution in [2.45, 2.75) is 110 Å². The van der Waals surface area contributed by atoms with Crippen molar-refractivity contribution in [1.29, 1.82) is 0 Å². The first-order valence-electron chi connectivity index (χ1n) is 19.3. The maximum Gasteiger partial charge on any atom is 0.350 e. The molecule has 13 heteroatoms. The van der Waals surface area contributed by atoms with Gasteiger partial charge in [-0.05, 0) is 73.0 Å². The molecule has 4 fully saturated rings. The molecule has 1 aromatic rings. The van der Waals surface area contributed by atoms with Crippen LogP contribution in [0, 0.1) is 34.0 Å². The Morgan fingerprint density at radius 1 is 1.13 bits per heavy atom. The number of ketones is 1. The van der Waals surface area contributed by atoms with Gasteiger partial charge in [-0.3, -0.25) is 14.5 Å². The van der Waals surface area contributed by atoms with Gasteiger partial charge in [-0.15, -0.1) is 0 Å². The van der Waals surface area contributed by atoms with E-state index in [1.807, 2.05) is 26.8 Å². The van der Waals surface area contributed by atoms with E-state index in [-0.39, 0.29) is 37.2 Å². The van der Waals surface area contributed by atoms with Crippen LogP contribution in [0.2, 0.25) is 0 Å². The Hall–Kier alpha value is -2.94. The van der Waals surface area contributed by atoms with Gasteiger partial charge < -0.3 is 39.6 Å². The van der Waals surface area contributed by atoms with Crippen LogP contribution in [0.3, 0.4) is 0 Å². The molecule has 0 radical (unpaired) electrons. The highest BCUT2D eigenvalue weighted by Gasteiger charge is 2.72. The third kappa shape index (κ3) is 6.63. The summed E-state index contributed by atoms with van der Waals surface area (Å²) in [6, 6.07) is 7.93. The molecule has 3 saturated carbocycles. The minimum absolute atomic E-state index is 0.0109. The maximum atomic E-state index is 14.6. The van der Waals surface area contributed by atoms with E-state index in [4.69, 9.17) is 14.2 Å². The van der Waals surface area contributed by atoms with E-state index in [0.717, 1.165) is 12.8 Å². The third-order valence-electron chi connectivity index (χ3n) is 14.4. The number of aliphatic hydroxyl groups is 3. The number of ether oxygens (including phenoxy) is 3. The molecule has 290 valence electrons. The molecule has 1 aromatic carbocycles. The van der Waals surface area contributed by atoms with Gasteiger partial charge in [-0.1, -0.05) is 58.0 Å². The highest BCUT2D eigenvalue weighted by atomic mass is 16.6. The van der Waals surface area contributed by atoms with Crippen molar-refractivity contribution >= 4 is 31.3 Å². The summed E-state index contributed by atoms with van der Waals surface area (Å²) in [5.74, 6) is -2.84. The van der Waals surface area contributed by atoms with Crippen LogP contribution in [0.25, 0.3) is 0 Å². The van der Waals surface area contributed by atoms with E-state index in [2.05, 4.69) is 17.1 Å². The average Bonchev–Trinajstić information content (AvgIpc) is 3.13. The summed E-state index contributed by atoms with van der Waals surface area (Å²) in [6.07, 6.45) is -2.40. The molecular formula is C40H57BN2O10. The molecule has 11 atom stereocenters. The van der Waals surface area contributed by atoms with E-state index in [0.29, 0.717) is 56.6 Å². The first-order valence-corrected chi connectivity index (χ1v) is 19.3. The lowest BCUT2D eigenvalue weighted by molar-refractivity contribution is -0.246. The first kappa shape index (κ1) is 39.7.